The van der Waals surface area contributed by atoms with E-state index in [4.69, 9.17) is 0 Å². The lowest BCUT2D eigenvalue weighted by molar-refractivity contribution is -0.139. The lowest BCUT2D eigenvalue weighted by Gasteiger charge is -2.36. The molecule has 1 heterocycles. The van der Waals surface area contributed by atoms with Crippen LogP contribution in [0.3, 0.4) is 0 Å². The van der Waals surface area contributed by atoms with Crippen molar-refractivity contribution in [2.45, 2.75) is 19.4 Å². The number of anilines is 1. The molecule has 1 atom stereocenters. The molecule has 0 aromatic heterocycles. The summed E-state index contributed by atoms with van der Waals surface area (Å²) in [6.07, 6.45) is 0.757. The second kappa shape index (κ2) is 10.7. The first-order valence-corrected chi connectivity index (χ1v) is 10.4. The summed E-state index contributed by atoms with van der Waals surface area (Å²) in [7, 11) is 0. The Balaban J connectivity index is 1.32. The molecule has 30 heavy (non-hydrogen) atoms. The van der Waals surface area contributed by atoms with Gasteiger partial charge in [-0.25, -0.2) is 4.39 Å². The molecule has 7 heteroatoms. The van der Waals surface area contributed by atoms with Crippen LogP contribution in [0.1, 0.15) is 24.9 Å². The van der Waals surface area contributed by atoms with Gasteiger partial charge in [0.05, 0.1) is 11.7 Å². The average Bonchev–Trinajstić information content (AvgIpc) is 2.78. The minimum atomic E-state index is -0.621. The predicted molar refractivity (Wildman–Crippen MR) is 116 cm³/mol. The number of carbonyl (C=O) groups is 2. The fraction of sp³-hybridized carbons (Fsp3) is 0.391. The van der Waals surface area contributed by atoms with E-state index in [1.54, 1.807) is 6.07 Å². The van der Waals surface area contributed by atoms with Crippen molar-refractivity contribution in [1.82, 2.24) is 15.5 Å². The number of para-hydroxylation sites is 1. The molecule has 6 nitrogen and oxygen atoms in total. The Hall–Kier alpha value is -2.93. The van der Waals surface area contributed by atoms with E-state index in [0.717, 1.165) is 44.7 Å². The van der Waals surface area contributed by atoms with Gasteiger partial charge in [-0.05, 0) is 37.6 Å². The monoisotopic (exact) mass is 412 g/mol. The highest BCUT2D eigenvalue weighted by Gasteiger charge is 2.19. The van der Waals surface area contributed by atoms with Gasteiger partial charge in [-0.3, -0.25) is 14.5 Å². The number of halogens is 1. The average molecular weight is 413 g/mol. The molecule has 160 valence electrons. The summed E-state index contributed by atoms with van der Waals surface area (Å²) >= 11 is 0. The molecule has 1 fully saturated rings. The summed E-state index contributed by atoms with van der Waals surface area (Å²) in [6, 6.07) is 16.1. The molecule has 0 bridgehead atoms. The number of piperazine rings is 1. The summed E-state index contributed by atoms with van der Waals surface area (Å²) in [6.45, 7) is 6.35. The molecular formula is C23H29FN4O2. The zero-order valence-electron chi connectivity index (χ0n) is 17.3. The maximum Gasteiger partial charge on any atom is 0.309 e. The van der Waals surface area contributed by atoms with Crippen molar-refractivity contribution in [3.05, 3.63) is 66.0 Å². The fourth-order valence-corrected chi connectivity index (χ4v) is 3.59. The molecule has 0 saturated carbocycles. The second-order valence-electron chi connectivity index (χ2n) is 7.50. The smallest absolute Gasteiger partial charge is 0.309 e. The number of benzene rings is 2. The number of carbonyl (C=O) groups excluding carboxylic acids is 2. The molecule has 2 N–H and O–H groups in total. The van der Waals surface area contributed by atoms with E-state index in [9.17, 15) is 14.0 Å². The number of nitrogens with zero attached hydrogens (tertiary/aromatic N) is 2. The van der Waals surface area contributed by atoms with Crippen LogP contribution >= 0.6 is 0 Å². The Morgan fingerprint density at radius 2 is 1.63 bits per heavy atom. The van der Waals surface area contributed by atoms with Gasteiger partial charge in [-0.15, -0.1) is 0 Å². The zero-order chi connectivity index (χ0) is 21.3. The van der Waals surface area contributed by atoms with Crippen LogP contribution in [0.4, 0.5) is 10.1 Å². The van der Waals surface area contributed by atoms with E-state index in [-0.39, 0.29) is 11.9 Å². The number of hydrogen-bond acceptors (Lipinski definition) is 4. The van der Waals surface area contributed by atoms with E-state index >= 15 is 0 Å². The van der Waals surface area contributed by atoms with E-state index in [1.807, 2.05) is 49.4 Å². The standard InChI is InChI=1S/C23H29FN4O2/c1-18(19-8-3-2-4-9-19)26-23(30)22(29)25-12-7-13-27-14-16-28(17-15-27)21-11-6-5-10-20(21)24/h2-6,8-11,18H,7,12-17H2,1H3,(H,25,29)(H,26,30). The predicted octanol–water partition coefficient (Wildman–Crippen LogP) is 2.33. The topological polar surface area (TPSA) is 64.7 Å². The van der Waals surface area contributed by atoms with E-state index in [2.05, 4.69) is 20.4 Å². The molecule has 1 aliphatic rings. The molecule has 0 spiro atoms. The van der Waals surface area contributed by atoms with Crippen LogP contribution < -0.4 is 15.5 Å². The van der Waals surface area contributed by atoms with E-state index in [0.29, 0.717) is 12.2 Å². The van der Waals surface area contributed by atoms with Gasteiger partial charge in [0.1, 0.15) is 5.82 Å². The Bertz CT molecular complexity index is 838. The third-order valence-corrected chi connectivity index (χ3v) is 5.36. The minimum Gasteiger partial charge on any atom is -0.367 e. The van der Waals surface area contributed by atoms with Gasteiger partial charge >= 0.3 is 11.8 Å². The van der Waals surface area contributed by atoms with Crippen molar-refractivity contribution < 1.29 is 14.0 Å². The van der Waals surface area contributed by atoms with Crippen molar-refractivity contribution in [3.63, 3.8) is 0 Å². The van der Waals surface area contributed by atoms with Gasteiger partial charge in [-0.1, -0.05) is 42.5 Å². The first-order chi connectivity index (χ1) is 14.5. The molecule has 2 aromatic rings. The highest BCUT2D eigenvalue weighted by Crippen LogP contribution is 2.20. The van der Waals surface area contributed by atoms with Crippen LogP contribution in [0.2, 0.25) is 0 Å². The highest BCUT2D eigenvalue weighted by molar-refractivity contribution is 6.35. The molecular weight excluding hydrogens is 383 g/mol. The third kappa shape index (κ3) is 6.03. The number of nitrogens with one attached hydrogen (secondary N) is 2. The normalized spacial score (nSPS) is 15.5. The van der Waals surface area contributed by atoms with Gasteiger partial charge in [0.25, 0.3) is 0 Å². The van der Waals surface area contributed by atoms with Crippen molar-refractivity contribution in [2.75, 3.05) is 44.2 Å². The van der Waals surface area contributed by atoms with E-state index in [1.165, 1.54) is 6.07 Å². The summed E-state index contributed by atoms with van der Waals surface area (Å²) in [4.78, 5) is 28.4. The SMILES string of the molecule is CC(NC(=O)C(=O)NCCCN1CCN(c2ccccc2F)CC1)c1ccccc1. The van der Waals surface area contributed by atoms with Gasteiger partial charge in [-0.2, -0.15) is 0 Å². The molecule has 1 aliphatic heterocycles. The summed E-state index contributed by atoms with van der Waals surface area (Å²) in [5.74, 6) is -1.42. The first kappa shape index (κ1) is 21.8. The van der Waals surface area contributed by atoms with Gasteiger partial charge < -0.3 is 15.5 Å². The van der Waals surface area contributed by atoms with Crippen LogP contribution in [-0.4, -0.2) is 56.0 Å². The van der Waals surface area contributed by atoms with Gasteiger partial charge in [0.15, 0.2) is 0 Å². The molecule has 0 aliphatic carbocycles. The van der Waals surface area contributed by atoms with E-state index < -0.39 is 11.8 Å². The highest BCUT2D eigenvalue weighted by atomic mass is 19.1. The lowest BCUT2D eigenvalue weighted by atomic mass is 10.1. The minimum absolute atomic E-state index is 0.187. The fourth-order valence-electron chi connectivity index (χ4n) is 3.59. The molecule has 2 aromatic carbocycles. The van der Waals surface area contributed by atoms with Crippen LogP contribution in [0.25, 0.3) is 0 Å². The summed E-state index contributed by atoms with van der Waals surface area (Å²) in [5.41, 5.74) is 1.60. The molecule has 0 radical (unpaired) electrons. The summed E-state index contributed by atoms with van der Waals surface area (Å²) < 4.78 is 13.9. The Labute approximate surface area is 177 Å². The molecule has 2 amide bonds. The Morgan fingerprint density at radius 1 is 0.967 bits per heavy atom. The molecule has 1 unspecified atom stereocenters. The van der Waals surface area contributed by atoms with Gasteiger partial charge in [0.2, 0.25) is 0 Å². The lowest BCUT2D eigenvalue weighted by Crippen LogP contribution is -2.47. The maximum absolute atomic E-state index is 13.9. The zero-order valence-corrected chi connectivity index (χ0v) is 17.3. The molecule has 3 rings (SSSR count). The van der Waals surface area contributed by atoms with Crippen molar-refractivity contribution in [2.24, 2.45) is 0 Å². The first-order valence-electron chi connectivity index (χ1n) is 10.4. The number of hydrogen-bond donors (Lipinski definition) is 2. The Kier molecular flexibility index (Phi) is 7.79. The molecule has 1 saturated heterocycles. The second-order valence-corrected chi connectivity index (χ2v) is 7.50. The Morgan fingerprint density at radius 3 is 2.33 bits per heavy atom. The maximum atomic E-state index is 13.9. The van der Waals surface area contributed by atoms with Crippen molar-refractivity contribution in [3.8, 4) is 0 Å². The van der Waals surface area contributed by atoms with Crippen molar-refractivity contribution >= 4 is 17.5 Å². The van der Waals surface area contributed by atoms with Crippen LogP contribution in [0.15, 0.2) is 54.6 Å². The summed E-state index contributed by atoms with van der Waals surface area (Å²) in [5, 5.41) is 5.40. The van der Waals surface area contributed by atoms with Crippen LogP contribution in [0, 0.1) is 5.82 Å². The number of rotatable bonds is 7. The quantitative estimate of drug-likeness (QED) is 0.541. The van der Waals surface area contributed by atoms with Crippen LogP contribution in [0.5, 0.6) is 0 Å². The number of amides is 2. The van der Waals surface area contributed by atoms with Gasteiger partial charge in [0, 0.05) is 32.7 Å². The van der Waals surface area contributed by atoms with Crippen molar-refractivity contribution in [1.29, 1.82) is 0 Å². The third-order valence-electron chi connectivity index (χ3n) is 5.36. The van der Waals surface area contributed by atoms with Crippen LogP contribution in [-0.2, 0) is 9.59 Å². The largest absolute Gasteiger partial charge is 0.367 e.